The van der Waals surface area contributed by atoms with Crippen LogP contribution in [0.3, 0.4) is 0 Å². The Kier molecular flexibility index (Phi) is 5.38. The molecule has 3 aromatic rings. The zero-order chi connectivity index (χ0) is 18.7. The molecular formula is C21H22N2O2S. The van der Waals surface area contributed by atoms with E-state index < -0.39 is 0 Å². The molecule has 0 fully saturated rings. The van der Waals surface area contributed by atoms with Crippen molar-refractivity contribution in [1.82, 2.24) is 4.98 Å². The topological polar surface area (TPSA) is 51.2 Å². The molecule has 0 saturated carbocycles. The number of aromatic nitrogens is 1. The minimum absolute atomic E-state index is 0.327. The Balaban J connectivity index is 1.80. The van der Waals surface area contributed by atoms with Crippen LogP contribution in [0.5, 0.6) is 0 Å². The molecule has 2 aromatic carbocycles. The summed E-state index contributed by atoms with van der Waals surface area (Å²) >= 11 is 1.66. The zero-order valence-corrected chi connectivity index (χ0v) is 16.2. The summed E-state index contributed by atoms with van der Waals surface area (Å²) in [7, 11) is 3.33. The Morgan fingerprint density at radius 3 is 2.54 bits per heavy atom. The molecule has 5 heteroatoms. The third kappa shape index (κ3) is 3.78. The fourth-order valence-electron chi connectivity index (χ4n) is 2.92. The first kappa shape index (κ1) is 18.1. The smallest absolute Gasteiger partial charge is 0.337 e. The van der Waals surface area contributed by atoms with Crippen LogP contribution in [0, 0.1) is 13.8 Å². The number of hydrogen-bond acceptors (Lipinski definition) is 5. The Labute approximate surface area is 157 Å². The number of hydrogen-bond donors (Lipinski definition) is 1. The quantitative estimate of drug-likeness (QED) is 0.656. The zero-order valence-electron chi connectivity index (χ0n) is 15.4. The second-order valence-electron chi connectivity index (χ2n) is 6.22. The van der Waals surface area contributed by atoms with Crippen molar-refractivity contribution in [2.24, 2.45) is 0 Å². The highest BCUT2D eigenvalue weighted by Gasteiger charge is 2.10. The number of methoxy groups -OCH3 is 1. The number of nitrogens with one attached hydrogen (secondary N) is 1. The largest absolute Gasteiger partial charge is 0.465 e. The van der Waals surface area contributed by atoms with Gasteiger partial charge < -0.3 is 10.1 Å². The number of ether oxygens (including phenoxy) is 1. The summed E-state index contributed by atoms with van der Waals surface area (Å²) in [5.41, 5.74) is 7.44. The number of carbonyl (C=O) groups excluding carboxylic acids is 1. The van der Waals surface area contributed by atoms with Crippen LogP contribution in [0.2, 0.25) is 0 Å². The molecule has 0 aliphatic heterocycles. The lowest BCUT2D eigenvalue weighted by molar-refractivity contribution is 0.0601. The molecule has 0 bridgehead atoms. The van der Waals surface area contributed by atoms with Crippen molar-refractivity contribution in [1.29, 1.82) is 0 Å². The van der Waals surface area contributed by atoms with Gasteiger partial charge in [0.1, 0.15) is 0 Å². The van der Waals surface area contributed by atoms with E-state index >= 15 is 0 Å². The predicted octanol–water partition coefficient (Wildman–Crippen LogP) is 4.85. The highest BCUT2D eigenvalue weighted by atomic mass is 32.1. The van der Waals surface area contributed by atoms with Crippen molar-refractivity contribution in [2.75, 3.05) is 19.5 Å². The van der Waals surface area contributed by atoms with Crippen LogP contribution in [0.4, 0.5) is 5.69 Å². The van der Waals surface area contributed by atoms with Crippen molar-refractivity contribution in [3.8, 4) is 11.3 Å². The SMILES string of the molecule is CNc1cc(C)c(Cc2nc(-c3ccc(C(=O)OC)cc3)cs2)cc1C. The number of anilines is 1. The van der Waals surface area contributed by atoms with Gasteiger partial charge in [-0.15, -0.1) is 11.3 Å². The number of benzene rings is 2. The van der Waals surface area contributed by atoms with Crippen LogP contribution in [-0.2, 0) is 11.2 Å². The fourth-order valence-corrected chi connectivity index (χ4v) is 3.74. The maximum absolute atomic E-state index is 11.5. The molecule has 0 atom stereocenters. The molecule has 0 spiro atoms. The summed E-state index contributed by atoms with van der Waals surface area (Å²) in [6.45, 7) is 4.25. The highest BCUT2D eigenvalue weighted by molar-refractivity contribution is 7.10. The Hall–Kier alpha value is -2.66. The van der Waals surface area contributed by atoms with E-state index in [1.54, 1.807) is 23.5 Å². The lowest BCUT2D eigenvalue weighted by Gasteiger charge is -2.11. The number of carbonyl (C=O) groups is 1. The first-order valence-electron chi connectivity index (χ1n) is 8.43. The lowest BCUT2D eigenvalue weighted by atomic mass is 10.0. The van der Waals surface area contributed by atoms with Gasteiger partial charge in [-0.05, 0) is 48.7 Å². The maximum atomic E-state index is 11.5. The molecule has 0 radical (unpaired) electrons. The van der Waals surface area contributed by atoms with E-state index in [1.807, 2.05) is 19.2 Å². The van der Waals surface area contributed by atoms with Crippen molar-refractivity contribution in [3.63, 3.8) is 0 Å². The molecule has 0 aliphatic rings. The minimum atomic E-state index is -0.327. The van der Waals surface area contributed by atoms with Gasteiger partial charge in [-0.2, -0.15) is 0 Å². The van der Waals surface area contributed by atoms with E-state index in [2.05, 4.69) is 36.7 Å². The van der Waals surface area contributed by atoms with Crippen molar-refractivity contribution in [2.45, 2.75) is 20.3 Å². The predicted molar refractivity (Wildman–Crippen MR) is 107 cm³/mol. The van der Waals surface area contributed by atoms with E-state index in [1.165, 1.54) is 23.8 Å². The van der Waals surface area contributed by atoms with Gasteiger partial charge in [-0.1, -0.05) is 18.2 Å². The molecule has 0 aliphatic carbocycles. The van der Waals surface area contributed by atoms with Gasteiger partial charge in [-0.3, -0.25) is 0 Å². The van der Waals surface area contributed by atoms with Crippen molar-refractivity contribution >= 4 is 23.0 Å². The summed E-state index contributed by atoms with van der Waals surface area (Å²) in [5.74, 6) is -0.327. The van der Waals surface area contributed by atoms with Gasteiger partial charge in [0.15, 0.2) is 0 Å². The molecule has 134 valence electrons. The number of aryl methyl sites for hydroxylation is 2. The van der Waals surface area contributed by atoms with Crippen molar-refractivity contribution in [3.05, 3.63) is 69.0 Å². The molecule has 4 nitrogen and oxygen atoms in total. The fraction of sp³-hybridized carbons (Fsp3) is 0.238. The van der Waals surface area contributed by atoms with E-state index in [-0.39, 0.29) is 5.97 Å². The third-order valence-electron chi connectivity index (χ3n) is 4.45. The summed E-state index contributed by atoms with van der Waals surface area (Å²) in [6.07, 6.45) is 0.821. The average molecular weight is 366 g/mol. The summed E-state index contributed by atoms with van der Waals surface area (Å²) < 4.78 is 4.73. The number of rotatable bonds is 5. The van der Waals surface area contributed by atoms with E-state index in [0.29, 0.717) is 5.56 Å². The Morgan fingerprint density at radius 1 is 1.15 bits per heavy atom. The van der Waals surface area contributed by atoms with Crippen LogP contribution in [0.15, 0.2) is 41.8 Å². The minimum Gasteiger partial charge on any atom is -0.465 e. The Morgan fingerprint density at radius 2 is 1.88 bits per heavy atom. The van der Waals surface area contributed by atoms with Crippen LogP contribution in [-0.4, -0.2) is 25.1 Å². The summed E-state index contributed by atoms with van der Waals surface area (Å²) in [6, 6.07) is 11.8. The van der Waals surface area contributed by atoms with E-state index in [0.717, 1.165) is 28.4 Å². The van der Waals surface area contributed by atoms with Gasteiger partial charge in [0.25, 0.3) is 0 Å². The van der Waals surface area contributed by atoms with Crippen LogP contribution >= 0.6 is 11.3 Å². The van der Waals surface area contributed by atoms with Gasteiger partial charge in [0.2, 0.25) is 0 Å². The summed E-state index contributed by atoms with van der Waals surface area (Å²) in [4.78, 5) is 16.3. The molecule has 0 amide bonds. The number of esters is 1. The Bertz CT molecular complexity index is 930. The van der Waals surface area contributed by atoms with Gasteiger partial charge in [0, 0.05) is 30.1 Å². The molecule has 0 saturated heterocycles. The van der Waals surface area contributed by atoms with Crippen LogP contribution < -0.4 is 5.32 Å². The van der Waals surface area contributed by atoms with E-state index in [9.17, 15) is 4.79 Å². The number of thiazole rings is 1. The molecular weight excluding hydrogens is 344 g/mol. The average Bonchev–Trinajstić information content (AvgIpc) is 3.12. The van der Waals surface area contributed by atoms with Crippen molar-refractivity contribution < 1.29 is 9.53 Å². The second-order valence-corrected chi connectivity index (χ2v) is 7.16. The highest BCUT2D eigenvalue weighted by Crippen LogP contribution is 2.27. The molecule has 1 N–H and O–H groups in total. The summed E-state index contributed by atoms with van der Waals surface area (Å²) in [5, 5.41) is 6.37. The maximum Gasteiger partial charge on any atom is 0.337 e. The molecule has 26 heavy (non-hydrogen) atoms. The third-order valence-corrected chi connectivity index (χ3v) is 5.30. The van der Waals surface area contributed by atoms with Gasteiger partial charge in [0.05, 0.1) is 23.4 Å². The second kappa shape index (κ2) is 7.70. The monoisotopic (exact) mass is 366 g/mol. The van der Waals surface area contributed by atoms with Crippen LogP contribution in [0.1, 0.15) is 32.1 Å². The number of nitrogens with zero attached hydrogens (tertiary/aromatic N) is 1. The first-order chi connectivity index (χ1) is 12.5. The van der Waals surface area contributed by atoms with Gasteiger partial charge in [-0.25, -0.2) is 9.78 Å². The molecule has 3 rings (SSSR count). The van der Waals surface area contributed by atoms with E-state index in [4.69, 9.17) is 9.72 Å². The molecule has 1 heterocycles. The van der Waals surface area contributed by atoms with Crippen LogP contribution in [0.25, 0.3) is 11.3 Å². The lowest BCUT2D eigenvalue weighted by Crippen LogP contribution is -2.00. The van der Waals surface area contributed by atoms with Gasteiger partial charge >= 0.3 is 5.97 Å². The standard InChI is InChI=1S/C21H22N2O2S/c1-13-10-18(22-3)14(2)9-17(13)11-20-23-19(12-26-20)15-5-7-16(8-6-15)21(24)25-4/h5-10,12,22H,11H2,1-4H3. The molecule has 1 aromatic heterocycles. The molecule has 0 unspecified atom stereocenters. The normalized spacial score (nSPS) is 10.6. The first-order valence-corrected chi connectivity index (χ1v) is 9.31.